The second-order valence-electron chi connectivity index (χ2n) is 7.67. The Bertz CT molecular complexity index is 992. The van der Waals surface area contributed by atoms with Gasteiger partial charge in [0.1, 0.15) is 0 Å². The molecule has 28 heavy (non-hydrogen) atoms. The van der Waals surface area contributed by atoms with E-state index in [0.29, 0.717) is 6.04 Å². The molecule has 1 heterocycles. The number of hydrogen-bond acceptors (Lipinski definition) is 2. The molecule has 1 aliphatic carbocycles. The first kappa shape index (κ1) is 18.5. The Kier molecular flexibility index (Phi) is 5.89. The molecule has 3 aromatic rings. The van der Waals surface area contributed by atoms with E-state index in [-0.39, 0.29) is 0 Å². The zero-order chi connectivity index (χ0) is 19.2. The second kappa shape index (κ2) is 8.91. The summed E-state index contributed by atoms with van der Waals surface area (Å²) in [5.41, 5.74) is 5.93. The number of unbranched alkanes of at least 4 members (excludes halogenated alkanes) is 1. The van der Waals surface area contributed by atoms with Crippen LogP contribution in [0.3, 0.4) is 0 Å². The number of fused-ring (bicyclic) bond motifs is 1. The molecule has 0 aliphatic heterocycles. The van der Waals surface area contributed by atoms with Crippen LogP contribution < -0.4 is 5.32 Å². The maximum absolute atomic E-state index is 9.17. The number of nitriles is 1. The van der Waals surface area contributed by atoms with E-state index < -0.39 is 0 Å². The van der Waals surface area contributed by atoms with E-state index >= 15 is 0 Å². The third-order valence-corrected chi connectivity index (χ3v) is 5.74. The summed E-state index contributed by atoms with van der Waals surface area (Å²) in [4.78, 5) is 3.34. The summed E-state index contributed by atoms with van der Waals surface area (Å²) in [6, 6.07) is 19.4. The standard InChI is InChI=1S/C25H27N3/c26-17-20-9-14-25-23(16-20)24(18-28-25)21-10-12-22(13-11-21)27-15-5-4-8-19-6-2-1-3-7-19/h1-3,6-7,9-10,14,16,18,22,27-28H,4-5,8,11-13,15H2. The Labute approximate surface area is 167 Å². The molecule has 3 heteroatoms. The largest absolute Gasteiger partial charge is 0.361 e. The van der Waals surface area contributed by atoms with Gasteiger partial charge in [-0.25, -0.2) is 0 Å². The lowest BCUT2D eigenvalue weighted by Crippen LogP contribution is -2.31. The number of rotatable bonds is 7. The lowest BCUT2D eigenvalue weighted by molar-refractivity contribution is 0.469. The van der Waals surface area contributed by atoms with Crippen LogP contribution in [-0.2, 0) is 6.42 Å². The Morgan fingerprint density at radius 3 is 2.79 bits per heavy atom. The number of aromatic amines is 1. The molecule has 1 atom stereocenters. The van der Waals surface area contributed by atoms with E-state index in [1.165, 1.54) is 42.4 Å². The molecule has 1 unspecified atom stereocenters. The highest BCUT2D eigenvalue weighted by molar-refractivity contribution is 5.93. The van der Waals surface area contributed by atoms with Crippen LogP contribution in [0.2, 0.25) is 0 Å². The summed E-state index contributed by atoms with van der Waals surface area (Å²) >= 11 is 0. The van der Waals surface area contributed by atoms with Crippen LogP contribution in [0.25, 0.3) is 16.5 Å². The van der Waals surface area contributed by atoms with E-state index in [1.807, 2.05) is 18.2 Å². The van der Waals surface area contributed by atoms with Crippen LogP contribution in [0.1, 0.15) is 48.8 Å². The first-order chi connectivity index (χ1) is 13.8. The van der Waals surface area contributed by atoms with E-state index in [1.54, 1.807) is 0 Å². The molecular formula is C25H27N3. The predicted octanol–water partition coefficient (Wildman–Crippen LogP) is 5.59. The summed E-state index contributed by atoms with van der Waals surface area (Å²) < 4.78 is 0. The van der Waals surface area contributed by atoms with Crippen LogP contribution in [0.5, 0.6) is 0 Å². The van der Waals surface area contributed by atoms with Crippen molar-refractivity contribution in [2.45, 2.75) is 44.6 Å². The van der Waals surface area contributed by atoms with Crippen molar-refractivity contribution in [2.75, 3.05) is 6.54 Å². The van der Waals surface area contributed by atoms with Gasteiger partial charge in [0.15, 0.2) is 0 Å². The van der Waals surface area contributed by atoms with Gasteiger partial charge in [-0.15, -0.1) is 0 Å². The van der Waals surface area contributed by atoms with Gasteiger partial charge in [-0.2, -0.15) is 5.26 Å². The highest BCUT2D eigenvalue weighted by Gasteiger charge is 2.17. The Balaban J connectivity index is 1.27. The van der Waals surface area contributed by atoms with Gasteiger partial charge in [0.05, 0.1) is 11.6 Å². The average molecular weight is 370 g/mol. The molecule has 0 amide bonds. The maximum Gasteiger partial charge on any atom is 0.0991 e. The van der Waals surface area contributed by atoms with Crippen molar-refractivity contribution in [1.29, 1.82) is 5.26 Å². The van der Waals surface area contributed by atoms with E-state index in [4.69, 9.17) is 0 Å². The first-order valence-electron chi connectivity index (χ1n) is 10.3. The number of H-pyrrole nitrogens is 1. The van der Waals surface area contributed by atoms with Gasteiger partial charge in [0, 0.05) is 28.7 Å². The van der Waals surface area contributed by atoms with Crippen molar-refractivity contribution >= 4 is 16.5 Å². The molecule has 3 nitrogen and oxygen atoms in total. The lowest BCUT2D eigenvalue weighted by atomic mass is 9.90. The smallest absolute Gasteiger partial charge is 0.0991 e. The summed E-state index contributed by atoms with van der Waals surface area (Å²) in [5, 5.41) is 14.1. The Morgan fingerprint density at radius 1 is 1.11 bits per heavy atom. The number of aryl methyl sites for hydroxylation is 1. The minimum atomic E-state index is 0.584. The van der Waals surface area contributed by atoms with Crippen LogP contribution in [0, 0.1) is 11.3 Å². The van der Waals surface area contributed by atoms with E-state index in [0.717, 1.165) is 35.9 Å². The fourth-order valence-corrected chi connectivity index (χ4v) is 4.13. The van der Waals surface area contributed by atoms with E-state index in [9.17, 15) is 5.26 Å². The van der Waals surface area contributed by atoms with Crippen LogP contribution in [-0.4, -0.2) is 17.6 Å². The molecule has 0 saturated heterocycles. The molecular weight excluding hydrogens is 342 g/mol. The van der Waals surface area contributed by atoms with Gasteiger partial charge in [-0.05, 0) is 74.4 Å². The highest BCUT2D eigenvalue weighted by atomic mass is 14.9. The van der Waals surface area contributed by atoms with Gasteiger partial charge in [0.25, 0.3) is 0 Å². The number of nitrogens with one attached hydrogen (secondary N) is 2. The van der Waals surface area contributed by atoms with Crippen LogP contribution in [0.15, 0.2) is 60.8 Å². The van der Waals surface area contributed by atoms with Crippen molar-refractivity contribution in [2.24, 2.45) is 0 Å². The van der Waals surface area contributed by atoms with Crippen molar-refractivity contribution in [1.82, 2.24) is 10.3 Å². The molecule has 0 fully saturated rings. The molecule has 0 spiro atoms. The third kappa shape index (κ3) is 4.35. The third-order valence-electron chi connectivity index (χ3n) is 5.74. The monoisotopic (exact) mass is 369 g/mol. The number of aromatic nitrogens is 1. The first-order valence-corrected chi connectivity index (χ1v) is 10.3. The molecule has 0 saturated carbocycles. The molecule has 1 aromatic heterocycles. The quantitative estimate of drug-likeness (QED) is 0.534. The zero-order valence-corrected chi connectivity index (χ0v) is 16.2. The average Bonchev–Trinajstić information content (AvgIpc) is 3.18. The molecule has 1 aliphatic rings. The zero-order valence-electron chi connectivity index (χ0n) is 16.2. The number of benzene rings is 2. The van der Waals surface area contributed by atoms with Crippen molar-refractivity contribution in [3.63, 3.8) is 0 Å². The number of nitrogens with zero attached hydrogens (tertiary/aromatic N) is 1. The summed E-state index contributed by atoms with van der Waals surface area (Å²) in [6.45, 7) is 1.10. The van der Waals surface area contributed by atoms with Gasteiger partial charge >= 0.3 is 0 Å². The highest BCUT2D eigenvalue weighted by Crippen LogP contribution is 2.32. The predicted molar refractivity (Wildman–Crippen MR) is 116 cm³/mol. The lowest BCUT2D eigenvalue weighted by Gasteiger charge is -2.23. The fraction of sp³-hybridized carbons (Fsp3) is 0.320. The van der Waals surface area contributed by atoms with Gasteiger partial charge in [0.2, 0.25) is 0 Å². The Morgan fingerprint density at radius 2 is 2.00 bits per heavy atom. The van der Waals surface area contributed by atoms with Crippen molar-refractivity contribution < 1.29 is 0 Å². The minimum absolute atomic E-state index is 0.584. The molecule has 0 radical (unpaired) electrons. The number of allylic oxidation sites excluding steroid dienone is 1. The van der Waals surface area contributed by atoms with Gasteiger partial charge < -0.3 is 10.3 Å². The molecule has 4 rings (SSSR count). The fourth-order valence-electron chi connectivity index (χ4n) is 4.13. The maximum atomic E-state index is 9.17. The minimum Gasteiger partial charge on any atom is -0.361 e. The van der Waals surface area contributed by atoms with Gasteiger partial charge in [-0.3, -0.25) is 0 Å². The van der Waals surface area contributed by atoms with Crippen LogP contribution >= 0.6 is 0 Å². The van der Waals surface area contributed by atoms with Crippen LogP contribution in [0.4, 0.5) is 0 Å². The summed E-state index contributed by atoms with van der Waals surface area (Å²) in [5.74, 6) is 0. The second-order valence-corrected chi connectivity index (χ2v) is 7.67. The summed E-state index contributed by atoms with van der Waals surface area (Å²) in [7, 11) is 0. The van der Waals surface area contributed by atoms with E-state index in [2.05, 4.69) is 59.0 Å². The van der Waals surface area contributed by atoms with Crippen molar-refractivity contribution in [3.8, 4) is 6.07 Å². The number of hydrogen-bond donors (Lipinski definition) is 2. The molecule has 2 aromatic carbocycles. The SMILES string of the molecule is N#Cc1ccc2[nH]cc(C3=CCC(NCCCCc4ccccc4)CC3)c2c1. The molecule has 142 valence electrons. The topological polar surface area (TPSA) is 51.6 Å². The summed E-state index contributed by atoms with van der Waals surface area (Å²) in [6.07, 6.45) is 11.5. The molecule has 2 N–H and O–H groups in total. The normalized spacial score (nSPS) is 16.7. The molecule has 0 bridgehead atoms. The van der Waals surface area contributed by atoms with Crippen molar-refractivity contribution in [3.05, 3.63) is 77.5 Å². The van der Waals surface area contributed by atoms with Gasteiger partial charge in [-0.1, -0.05) is 36.4 Å². The Hall–Kier alpha value is -2.83.